The molecule has 178 valence electrons. The summed E-state index contributed by atoms with van der Waals surface area (Å²) in [5, 5.41) is 0. The first-order valence-electron chi connectivity index (χ1n) is 12.5. The van der Waals surface area contributed by atoms with Crippen molar-refractivity contribution in [3.05, 3.63) is 0 Å². The molecule has 3 nitrogen and oxygen atoms in total. The van der Waals surface area contributed by atoms with Gasteiger partial charge in [-0.25, -0.2) is 0 Å². The Balaban J connectivity index is 0. The van der Waals surface area contributed by atoms with Gasteiger partial charge in [-0.15, -0.1) is 0 Å². The standard InChI is InChI=1S/C24H54NO2Si.BrH/c1-7-10-11-12-13-14-15-16-17-18-19-20-22-25(5,6)23-21-24(4)28(26-8-2)27-9-3;/h24,28H,7-23H2,1-6H3;1H/q+1;/p-1. The Kier molecular flexibility index (Phi) is 23.9. The number of hydrogen-bond donors (Lipinski definition) is 0. The molecule has 1 unspecified atom stereocenters. The van der Waals surface area contributed by atoms with Crippen LogP contribution in [-0.4, -0.2) is 54.2 Å². The number of halogens is 1. The van der Waals surface area contributed by atoms with Crippen LogP contribution in [0.3, 0.4) is 0 Å². The third kappa shape index (κ3) is 20.2. The van der Waals surface area contributed by atoms with Gasteiger partial charge in [0.2, 0.25) is 0 Å². The Labute approximate surface area is 196 Å². The minimum atomic E-state index is -1.49. The van der Waals surface area contributed by atoms with E-state index in [9.17, 15) is 0 Å². The molecule has 0 amide bonds. The summed E-state index contributed by atoms with van der Waals surface area (Å²) in [6.45, 7) is 12.9. The second-order valence-electron chi connectivity index (χ2n) is 9.32. The molecule has 0 heterocycles. The lowest BCUT2D eigenvalue weighted by molar-refractivity contribution is -0.890. The number of nitrogens with zero attached hydrogens (tertiary/aromatic N) is 1. The van der Waals surface area contributed by atoms with E-state index in [0.717, 1.165) is 17.7 Å². The smallest absolute Gasteiger partial charge is 0.324 e. The number of unbranched alkanes of at least 4 members (excludes halogenated alkanes) is 11. The summed E-state index contributed by atoms with van der Waals surface area (Å²) in [7, 11) is 3.30. The summed E-state index contributed by atoms with van der Waals surface area (Å²) < 4.78 is 12.9. The third-order valence-corrected chi connectivity index (χ3v) is 8.52. The molecular weight excluding hydrogens is 442 g/mol. The lowest BCUT2D eigenvalue weighted by Gasteiger charge is -2.32. The second kappa shape index (κ2) is 21.8. The third-order valence-electron chi connectivity index (χ3n) is 5.93. The van der Waals surface area contributed by atoms with Gasteiger partial charge in [-0.3, -0.25) is 0 Å². The summed E-state index contributed by atoms with van der Waals surface area (Å²) in [5.41, 5.74) is 0.597. The monoisotopic (exact) mass is 495 g/mol. The highest BCUT2D eigenvalue weighted by Crippen LogP contribution is 2.19. The largest absolute Gasteiger partial charge is 1.00 e. The van der Waals surface area contributed by atoms with Crippen molar-refractivity contribution in [3.8, 4) is 0 Å². The first-order chi connectivity index (χ1) is 13.5. The lowest BCUT2D eigenvalue weighted by Crippen LogP contribution is -3.00. The van der Waals surface area contributed by atoms with E-state index in [0.29, 0.717) is 5.54 Å². The van der Waals surface area contributed by atoms with Crippen LogP contribution in [0.5, 0.6) is 0 Å². The van der Waals surface area contributed by atoms with Crippen molar-refractivity contribution in [3.63, 3.8) is 0 Å². The van der Waals surface area contributed by atoms with Crippen molar-refractivity contribution in [1.29, 1.82) is 0 Å². The van der Waals surface area contributed by atoms with Gasteiger partial charge in [0, 0.05) is 25.2 Å². The van der Waals surface area contributed by atoms with Crippen molar-refractivity contribution < 1.29 is 30.3 Å². The molecule has 0 aliphatic rings. The molecule has 0 aromatic heterocycles. The van der Waals surface area contributed by atoms with Crippen molar-refractivity contribution in [2.45, 2.75) is 117 Å². The van der Waals surface area contributed by atoms with Crippen molar-refractivity contribution in [2.24, 2.45) is 0 Å². The van der Waals surface area contributed by atoms with E-state index in [1.54, 1.807) is 0 Å². The van der Waals surface area contributed by atoms with Crippen LogP contribution in [-0.2, 0) is 8.85 Å². The molecule has 0 aliphatic heterocycles. The molecule has 0 N–H and O–H groups in total. The predicted octanol–water partition coefficient (Wildman–Crippen LogP) is 3.84. The molecule has 0 radical (unpaired) electrons. The minimum Gasteiger partial charge on any atom is -1.00 e. The zero-order valence-electron chi connectivity index (χ0n) is 20.8. The summed E-state index contributed by atoms with van der Waals surface area (Å²) in [5.74, 6) is 0. The molecule has 1 atom stereocenters. The molecule has 0 saturated carbocycles. The summed E-state index contributed by atoms with van der Waals surface area (Å²) in [6, 6.07) is 0. The van der Waals surface area contributed by atoms with Gasteiger partial charge in [-0.2, -0.15) is 0 Å². The fraction of sp³-hybridized carbons (Fsp3) is 1.00. The second-order valence-corrected chi connectivity index (χ2v) is 11.9. The molecule has 0 bridgehead atoms. The zero-order chi connectivity index (χ0) is 21.1. The molecule has 0 fully saturated rings. The van der Waals surface area contributed by atoms with Gasteiger partial charge in [0.25, 0.3) is 0 Å². The van der Waals surface area contributed by atoms with E-state index >= 15 is 0 Å². The number of rotatable bonds is 21. The Hall–Kier alpha value is 0.577. The quantitative estimate of drug-likeness (QED) is 0.137. The van der Waals surface area contributed by atoms with Crippen molar-refractivity contribution in [1.82, 2.24) is 0 Å². The highest BCUT2D eigenvalue weighted by Gasteiger charge is 2.24. The van der Waals surface area contributed by atoms with Crippen LogP contribution < -0.4 is 17.0 Å². The van der Waals surface area contributed by atoms with Crippen LogP contribution in [0.25, 0.3) is 0 Å². The van der Waals surface area contributed by atoms with Crippen LogP contribution in [0.2, 0.25) is 5.54 Å². The lowest BCUT2D eigenvalue weighted by atomic mass is 10.1. The topological polar surface area (TPSA) is 18.5 Å². The van der Waals surface area contributed by atoms with Gasteiger partial charge in [0.1, 0.15) is 0 Å². The minimum absolute atomic E-state index is 0. The summed E-state index contributed by atoms with van der Waals surface area (Å²) in [4.78, 5) is 0. The van der Waals surface area contributed by atoms with E-state index in [1.807, 2.05) is 0 Å². The Morgan fingerprint density at radius 2 is 1.07 bits per heavy atom. The van der Waals surface area contributed by atoms with E-state index < -0.39 is 9.28 Å². The fourth-order valence-electron chi connectivity index (χ4n) is 3.89. The highest BCUT2D eigenvalue weighted by atomic mass is 79.9. The molecule has 0 spiro atoms. The molecular formula is C24H54BrNO2Si. The highest BCUT2D eigenvalue weighted by molar-refractivity contribution is 6.46. The van der Waals surface area contributed by atoms with Gasteiger partial charge in [0.15, 0.2) is 0 Å². The Morgan fingerprint density at radius 1 is 0.655 bits per heavy atom. The van der Waals surface area contributed by atoms with E-state index in [1.165, 1.54) is 96.6 Å². The predicted molar refractivity (Wildman–Crippen MR) is 127 cm³/mol. The molecule has 0 aromatic carbocycles. The van der Waals surface area contributed by atoms with E-state index in [-0.39, 0.29) is 17.0 Å². The van der Waals surface area contributed by atoms with Crippen molar-refractivity contribution in [2.75, 3.05) is 40.4 Å². The van der Waals surface area contributed by atoms with Crippen LogP contribution in [0, 0.1) is 0 Å². The normalized spacial score (nSPS) is 12.9. The first-order valence-corrected chi connectivity index (χ1v) is 14.1. The number of quaternary nitrogens is 1. The van der Waals surface area contributed by atoms with Gasteiger partial charge in [0.05, 0.1) is 27.2 Å². The molecule has 5 heteroatoms. The fourth-order valence-corrected chi connectivity index (χ4v) is 5.72. The van der Waals surface area contributed by atoms with Crippen LogP contribution in [0.15, 0.2) is 0 Å². The van der Waals surface area contributed by atoms with Gasteiger partial charge in [-0.05, 0) is 26.7 Å². The van der Waals surface area contributed by atoms with Gasteiger partial charge in [-0.1, -0.05) is 78.1 Å². The van der Waals surface area contributed by atoms with Gasteiger partial charge < -0.3 is 30.3 Å². The molecule has 29 heavy (non-hydrogen) atoms. The molecule has 0 rings (SSSR count). The number of hydrogen-bond acceptors (Lipinski definition) is 2. The molecule has 0 saturated heterocycles. The van der Waals surface area contributed by atoms with E-state index in [4.69, 9.17) is 8.85 Å². The summed E-state index contributed by atoms with van der Waals surface area (Å²) in [6.07, 6.45) is 18.4. The van der Waals surface area contributed by atoms with Crippen molar-refractivity contribution >= 4 is 9.28 Å². The van der Waals surface area contributed by atoms with Crippen LogP contribution in [0.1, 0.15) is 111 Å². The average molecular weight is 497 g/mol. The molecule has 0 aromatic rings. The maximum atomic E-state index is 5.90. The summed E-state index contributed by atoms with van der Waals surface area (Å²) >= 11 is 0. The SMILES string of the molecule is CCCCCCCCCCCCCC[N+](C)(C)CCC(C)[SiH](OCC)OCC.[Br-]. The average Bonchev–Trinajstić information content (AvgIpc) is 2.67. The first kappa shape index (κ1) is 31.8. The Morgan fingerprint density at radius 3 is 1.48 bits per heavy atom. The van der Waals surface area contributed by atoms with E-state index in [2.05, 4.69) is 41.8 Å². The maximum absolute atomic E-state index is 5.90. The maximum Gasteiger partial charge on any atom is 0.324 e. The zero-order valence-corrected chi connectivity index (χ0v) is 23.6. The van der Waals surface area contributed by atoms with Crippen LogP contribution in [0.4, 0.5) is 0 Å². The molecule has 0 aliphatic carbocycles. The van der Waals surface area contributed by atoms with Crippen LogP contribution >= 0.6 is 0 Å². The van der Waals surface area contributed by atoms with Gasteiger partial charge >= 0.3 is 9.28 Å². The Bertz CT molecular complexity index is 326.